The smallest absolute Gasteiger partial charge is 0.0376 e. The molecule has 2 heteroatoms. The number of aryl methyl sites for hydroxylation is 2. The lowest BCUT2D eigenvalue weighted by Crippen LogP contribution is -1.96. The van der Waals surface area contributed by atoms with Crippen molar-refractivity contribution in [2.24, 2.45) is 0 Å². The first-order valence-corrected chi connectivity index (χ1v) is 4.77. The van der Waals surface area contributed by atoms with Crippen LogP contribution in [0, 0.1) is 10.5 Å². The molecule has 0 unspecified atom stereocenters. The summed E-state index contributed by atoms with van der Waals surface area (Å²) in [5.41, 5.74) is 9.26. The molecule has 0 bridgehead atoms. The number of nitrogen functional groups attached to an aromatic ring is 1. The first kappa shape index (κ1) is 8.84. The molecule has 60 valence electrons. The van der Waals surface area contributed by atoms with Gasteiger partial charge in [-0.2, -0.15) is 0 Å². The molecule has 0 saturated heterocycles. The summed E-state index contributed by atoms with van der Waals surface area (Å²) >= 11 is 2.32. The van der Waals surface area contributed by atoms with E-state index in [0.29, 0.717) is 0 Å². The fraction of sp³-hybridized carbons (Fsp3) is 0.333. The van der Waals surface area contributed by atoms with Crippen molar-refractivity contribution in [1.29, 1.82) is 0 Å². The van der Waals surface area contributed by atoms with E-state index in [9.17, 15) is 0 Å². The fourth-order valence-electron chi connectivity index (χ4n) is 1.12. The standard InChI is InChI=1S/C9H12IN/c1-3-7-5-8(10)4-6(2)9(7)11/h4-5H,3,11H2,1-2H3. The molecule has 0 atom stereocenters. The Balaban J connectivity index is 3.24. The third-order valence-electron chi connectivity index (χ3n) is 1.82. The summed E-state index contributed by atoms with van der Waals surface area (Å²) in [7, 11) is 0. The first-order chi connectivity index (χ1) is 5.15. The molecule has 1 aromatic carbocycles. The van der Waals surface area contributed by atoms with Crippen LogP contribution in [0.15, 0.2) is 12.1 Å². The molecule has 11 heavy (non-hydrogen) atoms. The highest BCUT2D eigenvalue weighted by atomic mass is 127. The lowest BCUT2D eigenvalue weighted by Gasteiger charge is -2.06. The number of halogens is 1. The molecule has 0 aliphatic carbocycles. The topological polar surface area (TPSA) is 26.0 Å². The summed E-state index contributed by atoms with van der Waals surface area (Å²) in [5, 5.41) is 0. The molecule has 0 saturated carbocycles. The second-order valence-electron chi connectivity index (χ2n) is 2.65. The predicted molar refractivity (Wildman–Crippen MR) is 57.7 cm³/mol. The van der Waals surface area contributed by atoms with E-state index in [0.717, 1.165) is 12.1 Å². The summed E-state index contributed by atoms with van der Waals surface area (Å²) in [6, 6.07) is 4.25. The molecule has 0 aliphatic heterocycles. The molecule has 0 amide bonds. The molecule has 0 aromatic heterocycles. The Bertz CT molecular complexity index is 269. The van der Waals surface area contributed by atoms with Crippen molar-refractivity contribution in [1.82, 2.24) is 0 Å². The molecule has 0 fully saturated rings. The maximum Gasteiger partial charge on any atom is 0.0376 e. The van der Waals surface area contributed by atoms with Crippen LogP contribution < -0.4 is 5.73 Å². The minimum Gasteiger partial charge on any atom is -0.398 e. The molecular formula is C9H12IN. The van der Waals surface area contributed by atoms with Crippen LogP contribution in [0.2, 0.25) is 0 Å². The number of anilines is 1. The Morgan fingerprint density at radius 2 is 2.09 bits per heavy atom. The quantitative estimate of drug-likeness (QED) is 0.610. The van der Waals surface area contributed by atoms with Gasteiger partial charge in [-0.1, -0.05) is 6.92 Å². The average molecular weight is 261 g/mol. The highest BCUT2D eigenvalue weighted by Crippen LogP contribution is 2.20. The van der Waals surface area contributed by atoms with Crippen molar-refractivity contribution >= 4 is 28.3 Å². The minimum atomic E-state index is 0.952. The van der Waals surface area contributed by atoms with Crippen LogP contribution in [0.5, 0.6) is 0 Å². The fourth-order valence-corrected chi connectivity index (χ4v) is 1.96. The van der Waals surface area contributed by atoms with Gasteiger partial charge < -0.3 is 5.73 Å². The number of rotatable bonds is 1. The minimum absolute atomic E-state index is 0.952. The van der Waals surface area contributed by atoms with Gasteiger partial charge in [0.1, 0.15) is 0 Å². The van der Waals surface area contributed by atoms with E-state index < -0.39 is 0 Å². The Morgan fingerprint density at radius 3 is 2.64 bits per heavy atom. The Morgan fingerprint density at radius 1 is 1.45 bits per heavy atom. The summed E-state index contributed by atoms with van der Waals surface area (Å²) in [6.07, 6.45) is 1.02. The average Bonchev–Trinajstić information content (AvgIpc) is 1.96. The van der Waals surface area contributed by atoms with Gasteiger partial charge in [0.15, 0.2) is 0 Å². The lowest BCUT2D eigenvalue weighted by atomic mass is 10.1. The van der Waals surface area contributed by atoms with Crippen molar-refractivity contribution in [2.45, 2.75) is 20.3 Å². The zero-order valence-electron chi connectivity index (χ0n) is 6.82. The maximum absolute atomic E-state index is 5.86. The van der Waals surface area contributed by atoms with Gasteiger partial charge in [0.05, 0.1) is 0 Å². The van der Waals surface area contributed by atoms with Gasteiger partial charge >= 0.3 is 0 Å². The highest BCUT2D eigenvalue weighted by molar-refractivity contribution is 14.1. The van der Waals surface area contributed by atoms with Crippen molar-refractivity contribution in [3.8, 4) is 0 Å². The monoisotopic (exact) mass is 261 g/mol. The molecule has 0 spiro atoms. The first-order valence-electron chi connectivity index (χ1n) is 3.69. The van der Waals surface area contributed by atoms with E-state index in [2.05, 4.69) is 48.6 Å². The molecule has 0 radical (unpaired) electrons. The number of hydrogen-bond acceptors (Lipinski definition) is 1. The third-order valence-corrected chi connectivity index (χ3v) is 2.44. The van der Waals surface area contributed by atoms with Crippen LogP contribution in [0.25, 0.3) is 0 Å². The van der Waals surface area contributed by atoms with Gasteiger partial charge in [0.2, 0.25) is 0 Å². The van der Waals surface area contributed by atoms with Gasteiger partial charge in [-0.3, -0.25) is 0 Å². The van der Waals surface area contributed by atoms with Gasteiger partial charge in [-0.05, 0) is 59.2 Å². The van der Waals surface area contributed by atoms with Crippen LogP contribution in [0.1, 0.15) is 18.1 Å². The molecular weight excluding hydrogens is 249 g/mol. The van der Waals surface area contributed by atoms with E-state index in [1.807, 2.05) is 0 Å². The van der Waals surface area contributed by atoms with Gasteiger partial charge in [-0.15, -0.1) is 0 Å². The summed E-state index contributed by atoms with van der Waals surface area (Å²) in [6.45, 7) is 4.18. The molecule has 0 aliphatic rings. The summed E-state index contributed by atoms with van der Waals surface area (Å²) in [4.78, 5) is 0. The van der Waals surface area contributed by atoms with Crippen molar-refractivity contribution in [3.05, 3.63) is 26.8 Å². The van der Waals surface area contributed by atoms with Crippen molar-refractivity contribution in [3.63, 3.8) is 0 Å². The van der Waals surface area contributed by atoms with Crippen LogP contribution in [0.3, 0.4) is 0 Å². The van der Waals surface area contributed by atoms with Gasteiger partial charge in [0.25, 0.3) is 0 Å². The SMILES string of the molecule is CCc1cc(I)cc(C)c1N. The van der Waals surface area contributed by atoms with Crippen LogP contribution in [0.4, 0.5) is 5.69 Å². The van der Waals surface area contributed by atoms with E-state index >= 15 is 0 Å². The zero-order chi connectivity index (χ0) is 8.43. The second-order valence-corrected chi connectivity index (χ2v) is 3.89. The second kappa shape index (κ2) is 3.43. The molecule has 1 aromatic rings. The van der Waals surface area contributed by atoms with E-state index in [-0.39, 0.29) is 0 Å². The number of benzene rings is 1. The summed E-state index contributed by atoms with van der Waals surface area (Å²) in [5.74, 6) is 0. The van der Waals surface area contributed by atoms with Crippen LogP contribution in [-0.4, -0.2) is 0 Å². The summed E-state index contributed by atoms with van der Waals surface area (Å²) < 4.78 is 1.27. The van der Waals surface area contributed by atoms with E-state index in [1.54, 1.807) is 0 Å². The molecule has 0 heterocycles. The van der Waals surface area contributed by atoms with E-state index in [4.69, 9.17) is 5.73 Å². The number of hydrogen-bond donors (Lipinski definition) is 1. The number of nitrogens with two attached hydrogens (primary N) is 1. The maximum atomic E-state index is 5.86. The highest BCUT2D eigenvalue weighted by Gasteiger charge is 2.00. The van der Waals surface area contributed by atoms with Crippen molar-refractivity contribution in [2.75, 3.05) is 5.73 Å². The molecule has 1 rings (SSSR count). The predicted octanol–water partition coefficient (Wildman–Crippen LogP) is 2.74. The van der Waals surface area contributed by atoms with Crippen LogP contribution >= 0.6 is 22.6 Å². The molecule has 2 N–H and O–H groups in total. The zero-order valence-corrected chi connectivity index (χ0v) is 8.97. The molecule has 1 nitrogen and oxygen atoms in total. The van der Waals surface area contributed by atoms with E-state index in [1.165, 1.54) is 14.7 Å². The Labute approximate surface area is 81.1 Å². The normalized spacial score (nSPS) is 10.1. The van der Waals surface area contributed by atoms with Gasteiger partial charge in [-0.25, -0.2) is 0 Å². The Kier molecular flexibility index (Phi) is 2.76. The largest absolute Gasteiger partial charge is 0.398 e. The lowest BCUT2D eigenvalue weighted by molar-refractivity contribution is 1.13. The Hall–Kier alpha value is -0.250. The third kappa shape index (κ3) is 1.86. The van der Waals surface area contributed by atoms with Gasteiger partial charge in [0, 0.05) is 9.26 Å². The van der Waals surface area contributed by atoms with Crippen molar-refractivity contribution < 1.29 is 0 Å². The van der Waals surface area contributed by atoms with Crippen LogP contribution in [-0.2, 0) is 6.42 Å².